The molecule has 0 fully saturated rings. The molecule has 2 aromatic carbocycles. The van der Waals surface area contributed by atoms with E-state index in [2.05, 4.69) is 26.1 Å². The third kappa shape index (κ3) is 11.6. The Morgan fingerprint density at radius 2 is 1.67 bits per heavy atom. The highest BCUT2D eigenvalue weighted by Gasteiger charge is 2.28. The second-order valence-electron chi connectivity index (χ2n) is 11.5. The number of hydrogen-bond acceptors (Lipinski definition) is 7. The number of hydrogen-bond donors (Lipinski definition) is 3. The fraction of sp³-hybridized carbons (Fsp3) is 0.387. The molecule has 0 saturated carbocycles. The van der Waals surface area contributed by atoms with E-state index in [1.807, 2.05) is 39.8 Å². The number of nitrogens with one attached hydrogen (secondary N) is 3. The molecule has 10 nitrogen and oxygen atoms in total. The van der Waals surface area contributed by atoms with E-state index < -0.39 is 23.7 Å². The Hall–Kier alpha value is -4.09. The van der Waals surface area contributed by atoms with E-state index in [1.165, 1.54) is 12.1 Å². The van der Waals surface area contributed by atoms with Gasteiger partial charge in [0.15, 0.2) is 5.82 Å². The van der Waals surface area contributed by atoms with Gasteiger partial charge in [0.2, 0.25) is 5.91 Å². The Bertz CT molecular complexity index is 1380. The van der Waals surface area contributed by atoms with Crippen molar-refractivity contribution in [3.05, 3.63) is 82.8 Å². The Balaban J connectivity index is 0.00000645. The molecule has 0 aliphatic heterocycles. The molecule has 232 valence electrons. The molecule has 0 spiro atoms. The maximum Gasteiger partial charge on any atom is 0.254 e. The van der Waals surface area contributed by atoms with Crippen LogP contribution < -0.4 is 20.7 Å². The molecular formula is C31H40ClFN6O4. The lowest BCUT2D eigenvalue weighted by Crippen LogP contribution is -2.46. The van der Waals surface area contributed by atoms with Gasteiger partial charge in [0.05, 0.1) is 11.3 Å². The maximum absolute atomic E-state index is 14.7. The summed E-state index contributed by atoms with van der Waals surface area (Å²) >= 11 is 0. The van der Waals surface area contributed by atoms with Crippen molar-refractivity contribution < 1.29 is 23.5 Å². The molecule has 3 N–H and O–H groups in total. The number of carbonyl (C=O) groups is 3. The molecule has 1 atom stereocenters. The average molecular weight is 615 g/mol. The lowest BCUT2D eigenvalue weighted by molar-refractivity contribution is -0.118. The zero-order chi connectivity index (χ0) is 30.9. The molecule has 3 aromatic rings. The van der Waals surface area contributed by atoms with Crippen molar-refractivity contribution in [2.45, 2.75) is 46.7 Å². The molecular weight excluding hydrogens is 575 g/mol. The third-order valence-electron chi connectivity index (χ3n) is 6.14. The number of benzene rings is 2. The number of aryl methyl sites for hydroxylation is 1. The number of rotatable bonds is 12. The van der Waals surface area contributed by atoms with Crippen LogP contribution in [-0.4, -0.2) is 66.1 Å². The molecule has 3 amide bonds. The number of carbonyl (C=O) groups excluding carboxylic acids is 3. The Morgan fingerprint density at radius 3 is 2.28 bits per heavy atom. The highest BCUT2D eigenvalue weighted by molar-refractivity contribution is 6.01. The summed E-state index contributed by atoms with van der Waals surface area (Å²) in [6.07, 6.45) is 0.292. The smallest absolute Gasteiger partial charge is 0.254 e. The van der Waals surface area contributed by atoms with Crippen LogP contribution in [0.25, 0.3) is 0 Å². The van der Waals surface area contributed by atoms with Gasteiger partial charge >= 0.3 is 0 Å². The van der Waals surface area contributed by atoms with E-state index in [9.17, 15) is 18.8 Å². The fourth-order valence-corrected chi connectivity index (χ4v) is 3.93. The molecule has 1 heterocycles. The highest BCUT2D eigenvalue weighted by Crippen LogP contribution is 2.22. The zero-order valence-electron chi connectivity index (χ0n) is 25.4. The first-order valence-corrected chi connectivity index (χ1v) is 13.7. The van der Waals surface area contributed by atoms with Crippen LogP contribution in [-0.2, 0) is 11.3 Å². The lowest BCUT2D eigenvalue weighted by atomic mass is 9.87. The quantitative estimate of drug-likeness (QED) is 0.276. The molecule has 0 radical (unpaired) electrons. The van der Waals surface area contributed by atoms with Crippen LogP contribution in [0.5, 0.6) is 5.75 Å². The van der Waals surface area contributed by atoms with E-state index in [4.69, 9.17) is 4.74 Å². The summed E-state index contributed by atoms with van der Waals surface area (Å²) in [5.41, 5.74) is 1.09. The van der Waals surface area contributed by atoms with Crippen molar-refractivity contribution in [3.63, 3.8) is 0 Å². The molecule has 0 bridgehead atoms. The van der Waals surface area contributed by atoms with E-state index >= 15 is 0 Å². The number of halogens is 2. The zero-order valence-corrected chi connectivity index (χ0v) is 26.2. The van der Waals surface area contributed by atoms with Gasteiger partial charge in [-0.15, -0.1) is 17.5 Å². The van der Waals surface area contributed by atoms with Crippen LogP contribution in [0.3, 0.4) is 0 Å². The van der Waals surface area contributed by atoms with Gasteiger partial charge in [0, 0.05) is 18.7 Å². The summed E-state index contributed by atoms with van der Waals surface area (Å²) in [5, 5.41) is 16.0. The molecule has 0 aliphatic carbocycles. The molecule has 0 saturated heterocycles. The normalized spacial score (nSPS) is 11.7. The first-order valence-electron chi connectivity index (χ1n) is 13.7. The van der Waals surface area contributed by atoms with Crippen molar-refractivity contribution >= 4 is 35.9 Å². The second-order valence-corrected chi connectivity index (χ2v) is 11.5. The lowest BCUT2D eigenvalue weighted by Gasteiger charge is -2.26. The monoisotopic (exact) mass is 614 g/mol. The minimum atomic E-state index is -0.960. The topological polar surface area (TPSA) is 126 Å². The van der Waals surface area contributed by atoms with Gasteiger partial charge in [-0.1, -0.05) is 26.8 Å². The van der Waals surface area contributed by atoms with Crippen molar-refractivity contribution in [1.82, 2.24) is 25.7 Å². The molecule has 3 rings (SSSR count). The van der Waals surface area contributed by atoms with Gasteiger partial charge in [0.25, 0.3) is 11.8 Å². The largest absolute Gasteiger partial charge is 0.492 e. The standard InChI is InChI=1S/C31H39FN6O4.ClH/c1-20-7-14-27(37-36-20)35-30(41)26(18-31(2,3)4)34-29(40)24-17-21(8-13-25(24)32)19-33-28(39)22-9-11-23(12-10-22)42-16-15-38(5)6;/h7-14,17,26H,15-16,18-19H2,1-6H3,(H,33,39)(H,34,40)(H,35,37,41);1H/t26-;/m0./s1. The van der Waals surface area contributed by atoms with Gasteiger partial charge in [0.1, 0.15) is 24.2 Å². The average Bonchev–Trinajstić information content (AvgIpc) is 2.92. The number of amides is 3. The third-order valence-corrected chi connectivity index (χ3v) is 6.14. The van der Waals surface area contributed by atoms with Crippen molar-refractivity contribution in [3.8, 4) is 5.75 Å². The predicted octanol–water partition coefficient (Wildman–Crippen LogP) is 4.39. The fourth-order valence-electron chi connectivity index (χ4n) is 3.93. The van der Waals surface area contributed by atoms with E-state index in [0.717, 1.165) is 12.6 Å². The SMILES string of the molecule is Cc1ccc(NC(=O)[C@H](CC(C)(C)C)NC(=O)c2cc(CNC(=O)c3ccc(OCCN(C)C)cc3)ccc2F)nn1.Cl. The van der Waals surface area contributed by atoms with Crippen LogP contribution >= 0.6 is 12.4 Å². The van der Waals surface area contributed by atoms with Gasteiger partial charge in [-0.2, -0.15) is 5.10 Å². The number of aromatic nitrogens is 2. The van der Waals surface area contributed by atoms with Gasteiger partial charge in [-0.3, -0.25) is 14.4 Å². The molecule has 0 unspecified atom stereocenters. The summed E-state index contributed by atoms with van der Waals surface area (Å²) in [4.78, 5) is 40.9. The molecule has 1 aromatic heterocycles. The number of nitrogens with zero attached hydrogens (tertiary/aromatic N) is 3. The summed E-state index contributed by atoms with van der Waals surface area (Å²) in [7, 11) is 3.92. The summed E-state index contributed by atoms with van der Waals surface area (Å²) in [6, 6.07) is 13.1. The Morgan fingerprint density at radius 1 is 0.977 bits per heavy atom. The van der Waals surface area contributed by atoms with Gasteiger partial charge < -0.3 is 25.6 Å². The Kier molecular flexibility index (Phi) is 13.0. The molecule has 12 heteroatoms. The maximum atomic E-state index is 14.7. The minimum absolute atomic E-state index is 0. The van der Waals surface area contributed by atoms with Crippen LogP contribution in [0.2, 0.25) is 0 Å². The van der Waals surface area contributed by atoms with Crippen molar-refractivity contribution in [1.29, 1.82) is 0 Å². The number of ether oxygens (including phenoxy) is 1. The van der Waals surface area contributed by atoms with Crippen LogP contribution in [0.15, 0.2) is 54.6 Å². The first kappa shape index (κ1) is 35.1. The predicted molar refractivity (Wildman–Crippen MR) is 166 cm³/mol. The summed E-state index contributed by atoms with van der Waals surface area (Å²) in [6.45, 7) is 8.94. The number of likely N-dealkylation sites (N-methyl/N-ethyl adjacent to an activating group) is 1. The first-order chi connectivity index (χ1) is 19.8. The van der Waals surface area contributed by atoms with Gasteiger partial charge in [-0.05, 0) is 86.9 Å². The van der Waals surface area contributed by atoms with Crippen molar-refractivity contribution in [2.75, 3.05) is 32.6 Å². The molecule has 0 aliphatic rings. The van der Waals surface area contributed by atoms with Crippen LogP contribution in [0.4, 0.5) is 10.2 Å². The Labute approximate surface area is 258 Å². The van der Waals surface area contributed by atoms with E-state index in [-0.39, 0.29) is 41.7 Å². The minimum Gasteiger partial charge on any atom is -0.492 e. The van der Waals surface area contributed by atoms with Crippen molar-refractivity contribution in [2.24, 2.45) is 5.41 Å². The van der Waals surface area contributed by atoms with Gasteiger partial charge in [-0.25, -0.2) is 4.39 Å². The summed E-state index contributed by atoms with van der Waals surface area (Å²) in [5.74, 6) is -1.40. The number of anilines is 1. The molecule has 43 heavy (non-hydrogen) atoms. The summed E-state index contributed by atoms with van der Waals surface area (Å²) < 4.78 is 20.4. The van der Waals surface area contributed by atoms with E-state index in [1.54, 1.807) is 43.3 Å². The van der Waals surface area contributed by atoms with E-state index in [0.29, 0.717) is 35.6 Å². The van der Waals surface area contributed by atoms with Crippen LogP contribution in [0.1, 0.15) is 59.2 Å². The van der Waals surface area contributed by atoms with Crippen LogP contribution in [0, 0.1) is 18.2 Å². The highest BCUT2D eigenvalue weighted by atomic mass is 35.5. The second kappa shape index (κ2) is 15.9.